The van der Waals surface area contributed by atoms with Gasteiger partial charge in [-0.15, -0.1) is 0 Å². The molecule has 0 aliphatic carbocycles. The van der Waals surface area contributed by atoms with Crippen LogP contribution in [-0.2, 0) is 4.79 Å². The maximum absolute atomic E-state index is 10.8. The molecule has 2 aromatic rings. The van der Waals surface area contributed by atoms with Crippen LogP contribution in [0.2, 0.25) is 0 Å². The van der Waals surface area contributed by atoms with E-state index in [0.717, 1.165) is 10.8 Å². The lowest BCUT2D eigenvalue weighted by atomic mass is 10.1. The van der Waals surface area contributed by atoms with Crippen molar-refractivity contribution in [3.8, 4) is 5.75 Å². The van der Waals surface area contributed by atoms with E-state index in [0.29, 0.717) is 5.75 Å². The summed E-state index contributed by atoms with van der Waals surface area (Å²) in [7, 11) is 0. The predicted molar refractivity (Wildman–Crippen MR) is 62.2 cm³/mol. The first-order valence-electron chi connectivity index (χ1n) is 5.02. The van der Waals surface area contributed by atoms with Gasteiger partial charge in [0.05, 0.1) is 5.56 Å². The zero-order valence-corrected chi connectivity index (χ0v) is 9.14. The lowest BCUT2D eigenvalue weighted by Gasteiger charge is -2.04. The van der Waals surface area contributed by atoms with Crippen molar-refractivity contribution in [2.24, 2.45) is 0 Å². The van der Waals surface area contributed by atoms with E-state index >= 15 is 0 Å². The molecule has 86 valence electrons. The summed E-state index contributed by atoms with van der Waals surface area (Å²) in [5.41, 5.74) is 0.234. The molecule has 1 N–H and O–H groups in total. The van der Waals surface area contributed by atoms with E-state index in [4.69, 9.17) is 9.84 Å². The molecule has 0 aromatic heterocycles. The topological polar surface area (TPSA) is 63.6 Å². The maximum atomic E-state index is 10.8. The number of hydrogen-bond donors (Lipinski definition) is 1. The Morgan fingerprint density at radius 3 is 2.35 bits per heavy atom. The van der Waals surface area contributed by atoms with Crippen LogP contribution in [0.3, 0.4) is 0 Å². The van der Waals surface area contributed by atoms with E-state index < -0.39 is 5.97 Å². The fraction of sp³-hybridized carbons (Fsp3) is 0.0769. The van der Waals surface area contributed by atoms with Crippen molar-refractivity contribution in [2.45, 2.75) is 6.92 Å². The van der Waals surface area contributed by atoms with Crippen molar-refractivity contribution >= 4 is 22.7 Å². The zero-order valence-electron chi connectivity index (χ0n) is 9.14. The summed E-state index contributed by atoms with van der Waals surface area (Å²) in [6, 6.07) is 9.83. The first-order valence-corrected chi connectivity index (χ1v) is 5.02. The normalized spacial score (nSPS) is 10.2. The highest BCUT2D eigenvalue weighted by atomic mass is 16.5. The molecule has 0 radical (unpaired) electrons. The molecular formula is C13H10O4. The van der Waals surface area contributed by atoms with Crippen molar-refractivity contribution < 1.29 is 19.4 Å². The summed E-state index contributed by atoms with van der Waals surface area (Å²) >= 11 is 0. The largest absolute Gasteiger partial charge is 0.478 e. The van der Waals surface area contributed by atoms with Crippen molar-refractivity contribution in [1.29, 1.82) is 0 Å². The summed E-state index contributed by atoms with van der Waals surface area (Å²) in [6.07, 6.45) is 0. The fourth-order valence-electron chi connectivity index (χ4n) is 1.59. The van der Waals surface area contributed by atoms with Crippen LogP contribution in [0.1, 0.15) is 17.3 Å². The van der Waals surface area contributed by atoms with E-state index in [2.05, 4.69) is 0 Å². The van der Waals surface area contributed by atoms with Crippen molar-refractivity contribution in [3.05, 3.63) is 42.0 Å². The minimum absolute atomic E-state index is 0.234. The Morgan fingerprint density at radius 1 is 1.06 bits per heavy atom. The molecule has 4 nitrogen and oxygen atoms in total. The van der Waals surface area contributed by atoms with Crippen molar-refractivity contribution in [3.63, 3.8) is 0 Å². The average Bonchev–Trinajstić information content (AvgIpc) is 2.27. The van der Waals surface area contributed by atoms with Gasteiger partial charge in [0.25, 0.3) is 0 Å². The van der Waals surface area contributed by atoms with E-state index in [9.17, 15) is 9.59 Å². The SMILES string of the molecule is CC(=O)Oc1ccc2cc(C(=O)O)ccc2c1. The van der Waals surface area contributed by atoms with Crippen LogP contribution in [0.5, 0.6) is 5.75 Å². The summed E-state index contributed by atoms with van der Waals surface area (Å²) < 4.78 is 4.94. The minimum Gasteiger partial charge on any atom is -0.478 e. The molecule has 2 aromatic carbocycles. The van der Waals surface area contributed by atoms with Crippen LogP contribution >= 0.6 is 0 Å². The van der Waals surface area contributed by atoms with Gasteiger partial charge in [-0.1, -0.05) is 12.1 Å². The van der Waals surface area contributed by atoms with Gasteiger partial charge < -0.3 is 9.84 Å². The molecule has 0 saturated heterocycles. The third-order valence-corrected chi connectivity index (χ3v) is 2.32. The second-order valence-electron chi connectivity index (χ2n) is 3.62. The Balaban J connectivity index is 2.46. The van der Waals surface area contributed by atoms with Gasteiger partial charge in [-0.05, 0) is 35.0 Å². The Labute approximate surface area is 97.4 Å². The molecule has 0 fully saturated rings. The molecule has 0 spiro atoms. The number of carboxylic acid groups (broad SMARTS) is 1. The average molecular weight is 230 g/mol. The second kappa shape index (κ2) is 4.25. The van der Waals surface area contributed by atoms with Gasteiger partial charge in [-0.2, -0.15) is 0 Å². The van der Waals surface area contributed by atoms with Crippen LogP contribution in [-0.4, -0.2) is 17.0 Å². The molecule has 4 heteroatoms. The van der Waals surface area contributed by atoms with Crippen LogP contribution in [0.25, 0.3) is 10.8 Å². The molecule has 17 heavy (non-hydrogen) atoms. The molecule has 0 bridgehead atoms. The predicted octanol–water partition coefficient (Wildman–Crippen LogP) is 2.46. The van der Waals surface area contributed by atoms with Gasteiger partial charge in [-0.3, -0.25) is 4.79 Å². The highest BCUT2D eigenvalue weighted by molar-refractivity contribution is 5.94. The molecule has 0 heterocycles. The number of esters is 1. The fourth-order valence-corrected chi connectivity index (χ4v) is 1.59. The quantitative estimate of drug-likeness (QED) is 0.635. The van der Waals surface area contributed by atoms with Crippen LogP contribution in [0.15, 0.2) is 36.4 Å². The van der Waals surface area contributed by atoms with Crippen molar-refractivity contribution in [1.82, 2.24) is 0 Å². The zero-order chi connectivity index (χ0) is 12.4. The Morgan fingerprint density at radius 2 is 1.71 bits per heavy atom. The van der Waals surface area contributed by atoms with Crippen LogP contribution in [0.4, 0.5) is 0 Å². The maximum Gasteiger partial charge on any atom is 0.335 e. The molecule has 0 unspecified atom stereocenters. The number of fused-ring (bicyclic) bond motifs is 1. The third-order valence-electron chi connectivity index (χ3n) is 2.32. The Bertz CT molecular complexity index is 601. The third kappa shape index (κ3) is 2.42. The smallest absolute Gasteiger partial charge is 0.335 e. The van der Waals surface area contributed by atoms with E-state index in [-0.39, 0.29) is 11.5 Å². The lowest BCUT2D eigenvalue weighted by molar-refractivity contribution is -0.131. The highest BCUT2D eigenvalue weighted by Gasteiger charge is 2.05. The van der Waals surface area contributed by atoms with E-state index in [1.165, 1.54) is 13.0 Å². The molecule has 0 aliphatic heterocycles. The highest BCUT2D eigenvalue weighted by Crippen LogP contribution is 2.22. The molecule has 0 saturated carbocycles. The lowest BCUT2D eigenvalue weighted by Crippen LogP contribution is -2.01. The van der Waals surface area contributed by atoms with Gasteiger partial charge in [0.2, 0.25) is 0 Å². The number of carboxylic acids is 1. The second-order valence-corrected chi connectivity index (χ2v) is 3.62. The monoisotopic (exact) mass is 230 g/mol. The number of rotatable bonds is 2. The molecule has 2 rings (SSSR count). The summed E-state index contributed by atoms with van der Waals surface area (Å²) in [6.45, 7) is 1.33. The first-order chi connectivity index (χ1) is 8.06. The number of ether oxygens (including phenoxy) is 1. The minimum atomic E-state index is -0.962. The van der Waals surface area contributed by atoms with Gasteiger partial charge in [0, 0.05) is 6.92 Å². The first kappa shape index (κ1) is 11.1. The standard InChI is InChI=1S/C13H10O4/c1-8(14)17-12-5-4-9-6-11(13(15)16)3-2-10(9)7-12/h2-7H,1H3,(H,15,16). The molecule has 0 amide bonds. The summed E-state index contributed by atoms with van der Waals surface area (Å²) in [5.74, 6) is -0.893. The van der Waals surface area contributed by atoms with E-state index in [1.807, 2.05) is 0 Å². The number of aromatic carboxylic acids is 1. The van der Waals surface area contributed by atoms with E-state index in [1.54, 1.807) is 30.3 Å². The Kier molecular flexibility index (Phi) is 2.78. The van der Waals surface area contributed by atoms with Gasteiger partial charge in [0.15, 0.2) is 0 Å². The van der Waals surface area contributed by atoms with Crippen LogP contribution in [0, 0.1) is 0 Å². The number of benzene rings is 2. The molecule has 0 aliphatic rings. The van der Waals surface area contributed by atoms with Gasteiger partial charge in [0.1, 0.15) is 5.75 Å². The summed E-state index contributed by atoms with van der Waals surface area (Å²) in [5, 5.41) is 10.5. The van der Waals surface area contributed by atoms with Gasteiger partial charge in [-0.25, -0.2) is 4.79 Å². The summed E-state index contributed by atoms with van der Waals surface area (Å²) in [4.78, 5) is 21.6. The van der Waals surface area contributed by atoms with Crippen molar-refractivity contribution in [2.75, 3.05) is 0 Å². The molecule has 0 atom stereocenters. The number of carbonyl (C=O) groups excluding carboxylic acids is 1. The number of carbonyl (C=O) groups is 2. The number of hydrogen-bond acceptors (Lipinski definition) is 3. The molecular weight excluding hydrogens is 220 g/mol. The Hall–Kier alpha value is -2.36. The van der Waals surface area contributed by atoms with Gasteiger partial charge >= 0.3 is 11.9 Å². The van der Waals surface area contributed by atoms with Crippen LogP contribution < -0.4 is 4.74 Å².